The third kappa shape index (κ3) is 3.61. The molecule has 3 aromatic rings. The first-order chi connectivity index (χ1) is 12.0. The average Bonchev–Trinajstić information content (AvgIpc) is 2.91. The van der Waals surface area contributed by atoms with Crippen LogP contribution < -0.4 is 4.74 Å². The molecule has 0 atom stereocenters. The van der Waals surface area contributed by atoms with Crippen molar-refractivity contribution in [2.75, 3.05) is 7.11 Å². The molecule has 0 saturated carbocycles. The van der Waals surface area contributed by atoms with E-state index in [9.17, 15) is 4.79 Å². The predicted molar refractivity (Wildman–Crippen MR) is 99.7 cm³/mol. The van der Waals surface area contributed by atoms with Crippen molar-refractivity contribution >= 4 is 17.7 Å². The molecule has 25 heavy (non-hydrogen) atoms. The number of carbonyl (C=O) groups is 1. The highest BCUT2D eigenvalue weighted by atomic mass is 32.2. The molecule has 0 unspecified atom stereocenters. The Balaban J connectivity index is 1.90. The van der Waals surface area contributed by atoms with E-state index in [1.807, 2.05) is 13.8 Å². The molecule has 0 amide bonds. The number of hydrogen-bond donors (Lipinski definition) is 0. The summed E-state index contributed by atoms with van der Waals surface area (Å²) >= 11 is 1.63. The van der Waals surface area contributed by atoms with Crippen molar-refractivity contribution in [3.8, 4) is 5.75 Å². The summed E-state index contributed by atoms with van der Waals surface area (Å²) in [5, 5.41) is 4.46. The fourth-order valence-electron chi connectivity index (χ4n) is 2.55. The van der Waals surface area contributed by atoms with Crippen LogP contribution in [0.4, 0.5) is 0 Å². The normalized spacial score (nSPS) is 10.7. The molecule has 0 saturated heterocycles. The van der Waals surface area contributed by atoms with E-state index < -0.39 is 0 Å². The van der Waals surface area contributed by atoms with Crippen molar-refractivity contribution in [2.24, 2.45) is 0 Å². The minimum Gasteiger partial charge on any atom is -0.497 e. The summed E-state index contributed by atoms with van der Waals surface area (Å²) in [5.74, 6) is 0.583. The summed E-state index contributed by atoms with van der Waals surface area (Å²) in [4.78, 5) is 14.9. The van der Waals surface area contributed by atoms with E-state index >= 15 is 0 Å². The van der Waals surface area contributed by atoms with Gasteiger partial charge in [0.15, 0.2) is 0 Å². The lowest BCUT2D eigenvalue weighted by Crippen LogP contribution is -2.15. The van der Waals surface area contributed by atoms with Gasteiger partial charge in [-0.3, -0.25) is 4.79 Å². The second-order valence-corrected chi connectivity index (χ2v) is 6.94. The standard InChI is InChI=1S/C20H20N2O2S/c1-13-5-11-18(12-6-13)25-19-14(2)21-22(15(19)3)20(23)16-7-9-17(24-4)10-8-16/h5-12H,1-4H3. The highest BCUT2D eigenvalue weighted by Crippen LogP contribution is 2.33. The fraction of sp³-hybridized carbons (Fsp3) is 0.200. The summed E-state index contributed by atoms with van der Waals surface area (Å²) in [6, 6.07) is 15.4. The number of nitrogens with zero attached hydrogens (tertiary/aromatic N) is 2. The lowest BCUT2D eigenvalue weighted by Gasteiger charge is -2.06. The van der Waals surface area contributed by atoms with Crippen molar-refractivity contribution in [3.05, 3.63) is 71.0 Å². The van der Waals surface area contributed by atoms with E-state index in [-0.39, 0.29) is 5.91 Å². The molecule has 1 heterocycles. The maximum absolute atomic E-state index is 12.8. The Kier molecular flexibility index (Phi) is 4.95. The lowest BCUT2D eigenvalue weighted by molar-refractivity contribution is 0.0942. The van der Waals surface area contributed by atoms with Gasteiger partial charge >= 0.3 is 0 Å². The number of aromatic nitrogens is 2. The molecule has 5 heteroatoms. The van der Waals surface area contributed by atoms with Gasteiger partial charge in [0.1, 0.15) is 5.75 Å². The van der Waals surface area contributed by atoms with Gasteiger partial charge in [0.05, 0.1) is 23.4 Å². The molecule has 0 radical (unpaired) electrons. The van der Waals surface area contributed by atoms with Gasteiger partial charge in [0, 0.05) is 10.5 Å². The van der Waals surface area contributed by atoms with Gasteiger partial charge in [-0.15, -0.1) is 0 Å². The van der Waals surface area contributed by atoms with Crippen LogP contribution in [0, 0.1) is 20.8 Å². The second-order valence-electron chi connectivity index (χ2n) is 5.86. The number of aryl methyl sites for hydroxylation is 2. The topological polar surface area (TPSA) is 44.1 Å². The number of ether oxygens (including phenoxy) is 1. The van der Waals surface area contributed by atoms with Crippen LogP contribution in [0.15, 0.2) is 58.3 Å². The molecule has 0 N–H and O–H groups in total. The molecule has 0 bridgehead atoms. The molecular formula is C20H20N2O2S. The second kappa shape index (κ2) is 7.15. The predicted octanol–water partition coefficient (Wildman–Crippen LogP) is 4.66. The number of methoxy groups -OCH3 is 1. The van der Waals surface area contributed by atoms with Crippen LogP contribution in [0.5, 0.6) is 5.75 Å². The lowest BCUT2D eigenvalue weighted by atomic mass is 10.2. The van der Waals surface area contributed by atoms with Crippen molar-refractivity contribution in [1.82, 2.24) is 9.78 Å². The van der Waals surface area contributed by atoms with Crippen LogP contribution in [0.3, 0.4) is 0 Å². The van der Waals surface area contributed by atoms with E-state index in [4.69, 9.17) is 4.74 Å². The summed E-state index contributed by atoms with van der Waals surface area (Å²) in [6.07, 6.45) is 0. The minimum atomic E-state index is -0.140. The minimum absolute atomic E-state index is 0.140. The Bertz CT molecular complexity index is 897. The zero-order valence-corrected chi connectivity index (χ0v) is 15.6. The van der Waals surface area contributed by atoms with Gasteiger partial charge in [-0.1, -0.05) is 29.5 Å². The Labute approximate surface area is 151 Å². The van der Waals surface area contributed by atoms with Crippen LogP contribution in [-0.2, 0) is 0 Å². The summed E-state index contributed by atoms with van der Waals surface area (Å²) in [5.41, 5.74) is 3.51. The number of hydrogen-bond acceptors (Lipinski definition) is 4. The van der Waals surface area contributed by atoms with Crippen molar-refractivity contribution in [2.45, 2.75) is 30.6 Å². The summed E-state index contributed by atoms with van der Waals surface area (Å²) in [7, 11) is 1.60. The monoisotopic (exact) mass is 352 g/mol. The molecule has 0 aliphatic heterocycles. The molecule has 3 rings (SSSR count). The quantitative estimate of drug-likeness (QED) is 0.685. The molecule has 0 fully saturated rings. The van der Waals surface area contributed by atoms with Crippen molar-refractivity contribution < 1.29 is 9.53 Å². The van der Waals surface area contributed by atoms with Crippen molar-refractivity contribution in [1.29, 1.82) is 0 Å². The van der Waals surface area contributed by atoms with Gasteiger partial charge in [-0.05, 0) is 57.2 Å². The fourth-order valence-corrected chi connectivity index (χ4v) is 3.48. The zero-order chi connectivity index (χ0) is 18.0. The van der Waals surface area contributed by atoms with Gasteiger partial charge in [-0.2, -0.15) is 9.78 Å². The van der Waals surface area contributed by atoms with E-state index in [1.165, 1.54) is 10.2 Å². The molecule has 0 spiro atoms. The molecule has 4 nitrogen and oxygen atoms in total. The zero-order valence-electron chi connectivity index (χ0n) is 14.7. The Morgan fingerprint density at radius 2 is 1.64 bits per heavy atom. The van der Waals surface area contributed by atoms with Crippen LogP contribution in [0.25, 0.3) is 0 Å². The van der Waals surface area contributed by atoms with Crippen LogP contribution >= 0.6 is 11.8 Å². The first kappa shape index (κ1) is 17.3. The highest BCUT2D eigenvalue weighted by Gasteiger charge is 2.18. The molecule has 2 aromatic carbocycles. The van der Waals surface area contributed by atoms with Gasteiger partial charge in [0.2, 0.25) is 0 Å². The molecule has 0 aliphatic rings. The Morgan fingerprint density at radius 1 is 1.00 bits per heavy atom. The van der Waals surface area contributed by atoms with Gasteiger partial charge in [-0.25, -0.2) is 0 Å². The third-order valence-corrected chi connectivity index (χ3v) is 5.30. The summed E-state index contributed by atoms with van der Waals surface area (Å²) < 4.78 is 6.62. The Morgan fingerprint density at radius 3 is 2.24 bits per heavy atom. The van der Waals surface area contributed by atoms with Crippen LogP contribution in [-0.4, -0.2) is 22.8 Å². The van der Waals surface area contributed by atoms with Crippen LogP contribution in [0.1, 0.15) is 27.3 Å². The number of benzene rings is 2. The van der Waals surface area contributed by atoms with E-state index in [0.29, 0.717) is 5.56 Å². The largest absolute Gasteiger partial charge is 0.497 e. The number of rotatable bonds is 4. The SMILES string of the molecule is COc1ccc(C(=O)n2nc(C)c(Sc3ccc(C)cc3)c2C)cc1. The average molecular weight is 352 g/mol. The van der Waals surface area contributed by atoms with Crippen LogP contribution in [0.2, 0.25) is 0 Å². The van der Waals surface area contributed by atoms with Crippen molar-refractivity contribution in [3.63, 3.8) is 0 Å². The third-order valence-electron chi connectivity index (χ3n) is 4.00. The maximum Gasteiger partial charge on any atom is 0.278 e. The van der Waals surface area contributed by atoms with E-state index in [1.54, 1.807) is 43.1 Å². The van der Waals surface area contributed by atoms with Gasteiger partial charge in [0.25, 0.3) is 5.91 Å². The smallest absolute Gasteiger partial charge is 0.278 e. The molecule has 1 aromatic heterocycles. The molecule has 0 aliphatic carbocycles. The number of carbonyl (C=O) groups excluding carboxylic acids is 1. The first-order valence-electron chi connectivity index (χ1n) is 7.99. The van der Waals surface area contributed by atoms with E-state index in [0.717, 1.165) is 26.9 Å². The molecular weight excluding hydrogens is 332 g/mol. The first-order valence-corrected chi connectivity index (χ1v) is 8.80. The summed E-state index contributed by atoms with van der Waals surface area (Å²) in [6.45, 7) is 5.93. The van der Waals surface area contributed by atoms with Gasteiger partial charge < -0.3 is 4.74 Å². The van der Waals surface area contributed by atoms with E-state index in [2.05, 4.69) is 36.3 Å². The maximum atomic E-state index is 12.8. The highest BCUT2D eigenvalue weighted by molar-refractivity contribution is 7.99. The molecule has 128 valence electrons. The Hall–Kier alpha value is -2.53.